The van der Waals surface area contributed by atoms with Crippen LogP contribution in [0.2, 0.25) is 0 Å². The third-order valence-electron chi connectivity index (χ3n) is 3.41. The van der Waals surface area contributed by atoms with Gasteiger partial charge in [0.15, 0.2) is 0 Å². The van der Waals surface area contributed by atoms with Crippen LogP contribution in [0.4, 0.5) is 5.69 Å². The van der Waals surface area contributed by atoms with Gasteiger partial charge in [0.1, 0.15) is 11.5 Å². The first-order chi connectivity index (χ1) is 12.3. The van der Waals surface area contributed by atoms with Crippen molar-refractivity contribution >= 4 is 23.7 Å². The summed E-state index contributed by atoms with van der Waals surface area (Å²) >= 11 is 0. The number of nitrogens with one attached hydrogen (secondary N) is 2. The van der Waals surface area contributed by atoms with Gasteiger partial charge in [-0.05, 0) is 42.3 Å². The lowest BCUT2D eigenvalue weighted by molar-refractivity contribution is -0.116. The Morgan fingerprint density at radius 2 is 1.81 bits per heavy atom. The summed E-state index contributed by atoms with van der Waals surface area (Å²) in [7, 11) is 0. The minimum atomic E-state index is -0.431. The molecule has 0 saturated carbocycles. The molecule has 0 aliphatic heterocycles. The molecule has 0 fully saturated rings. The standard InChI is InChI=1S/C19H21N3O4/c1-12(2)9-18(25)21-15-6-3-13(4-7-15)19(26)22-20-11-14-5-8-16(23)10-17(14)24/h3-8,10-12,23-24H,9H2,1-2H3,(H,21,25)(H,22,26)/b20-11+. The fourth-order valence-corrected chi connectivity index (χ4v) is 2.15. The predicted molar refractivity (Wildman–Crippen MR) is 99.4 cm³/mol. The van der Waals surface area contributed by atoms with Gasteiger partial charge in [-0.3, -0.25) is 9.59 Å². The smallest absolute Gasteiger partial charge is 0.271 e. The Hall–Kier alpha value is -3.35. The molecule has 0 aliphatic rings. The molecule has 2 amide bonds. The number of carbonyl (C=O) groups is 2. The fourth-order valence-electron chi connectivity index (χ4n) is 2.15. The van der Waals surface area contributed by atoms with Crippen molar-refractivity contribution in [2.24, 2.45) is 11.0 Å². The highest BCUT2D eigenvalue weighted by molar-refractivity contribution is 5.96. The van der Waals surface area contributed by atoms with Crippen LogP contribution in [-0.2, 0) is 4.79 Å². The molecule has 0 radical (unpaired) electrons. The van der Waals surface area contributed by atoms with Crippen molar-refractivity contribution in [2.45, 2.75) is 20.3 Å². The molecule has 4 N–H and O–H groups in total. The van der Waals surface area contributed by atoms with Gasteiger partial charge in [-0.25, -0.2) is 5.43 Å². The van der Waals surface area contributed by atoms with E-state index in [9.17, 15) is 19.8 Å². The average molecular weight is 355 g/mol. The summed E-state index contributed by atoms with van der Waals surface area (Å²) in [5, 5.41) is 25.4. The number of hydrazone groups is 1. The maximum Gasteiger partial charge on any atom is 0.271 e. The first kappa shape index (κ1) is 19.0. The van der Waals surface area contributed by atoms with Crippen LogP contribution in [0.15, 0.2) is 47.6 Å². The van der Waals surface area contributed by atoms with Gasteiger partial charge in [-0.2, -0.15) is 5.10 Å². The molecule has 7 heteroatoms. The van der Waals surface area contributed by atoms with Crippen molar-refractivity contribution in [1.82, 2.24) is 5.43 Å². The number of anilines is 1. The van der Waals surface area contributed by atoms with Crippen LogP contribution in [0, 0.1) is 5.92 Å². The van der Waals surface area contributed by atoms with E-state index in [4.69, 9.17) is 0 Å². The topological polar surface area (TPSA) is 111 Å². The van der Waals surface area contributed by atoms with Crippen molar-refractivity contribution in [2.75, 3.05) is 5.32 Å². The zero-order chi connectivity index (χ0) is 19.1. The van der Waals surface area contributed by atoms with E-state index in [0.717, 1.165) is 0 Å². The molecule has 0 atom stereocenters. The van der Waals surface area contributed by atoms with Gasteiger partial charge in [0, 0.05) is 29.3 Å². The third-order valence-corrected chi connectivity index (χ3v) is 3.41. The number of carbonyl (C=O) groups excluding carboxylic acids is 2. The van der Waals surface area contributed by atoms with Gasteiger partial charge in [-0.1, -0.05) is 13.8 Å². The van der Waals surface area contributed by atoms with Crippen molar-refractivity contribution in [1.29, 1.82) is 0 Å². The van der Waals surface area contributed by atoms with E-state index in [-0.39, 0.29) is 23.3 Å². The van der Waals surface area contributed by atoms with Crippen molar-refractivity contribution < 1.29 is 19.8 Å². The van der Waals surface area contributed by atoms with Gasteiger partial charge in [-0.15, -0.1) is 0 Å². The number of hydrogen-bond acceptors (Lipinski definition) is 5. The summed E-state index contributed by atoms with van der Waals surface area (Å²) in [4.78, 5) is 23.8. The Labute approximate surface area is 151 Å². The highest BCUT2D eigenvalue weighted by atomic mass is 16.3. The zero-order valence-electron chi connectivity index (χ0n) is 14.6. The number of phenolic OH excluding ortho intramolecular Hbond substituents is 2. The first-order valence-electron chi connectivity index (χ1n) is 8.10. The van der Waals surface area contributed by atoms with Gasteiger partial charge < -0.3 is 15.5 Å². The molecule has 0 aliphatic carbocycles. The monoisotopic (exact) mass is 355 g/mol. The van der Waals surface area contributed by atoms with E-state index in [0.29, 0.717) is 23.2 Å². The first-order valence-corrected chi connectivity index (χ1v) is 8.10. The lowest BCUT2D eigenvalue weighted by Crippen LogP contribution is -2.18. The number of hydrogen-bond donors (Lipinski definition) is 4. The Kier molecular flexibility index (Phi) is 6.32. The van der Waals surface area contributed by atoms with E-state index in [1.165, 1.54) is 24.4 Å². The number of benzene rings is 2. The number of phenols is 2. The van der Waals surface area contributed by atoms with E-state index >= 15 is 0 Å². The Bertz CT molecular complexity index is 814. The van der Waals surface area contributed by atoms with Crippen molar-refractivity contribution in [3.8, 4) is 11.5 Å². The molecular weight excluding hydrogens is 334 g/mol. The SMILES string of the molecule is CC(C)CC(=O)Nc1ccc(C(=O)N/N=C/c2ccc(O)cc2O)cc1. The van der Waals surface area contributed by atoms with Crippen LogP contribution in [-0.4, -0.2) is 28.2 Å². The average Bonchev–Trinajstić information content (AvgIpc) is 2.56. The van der Waals surface area contributed by atoms with Gasteiger partial charge >= 0.3 is 0 Å². The molecular formula is C19H21N3O4. The molecule has 0 aromatic heterocycles. The molecule has 0 unspecified atom stereocenters. The Morgan fingerprint density at radius 3 is 2.42 bits per heavy atom. The normalized spacial score (nSPS) is 10.9. The minimum absolute atomic E-state index is 0.0655. The summed E-state index contributed by atoms with van der Waals surface area (Å²) in [6, 6.07) is 10.5. The van der Waals surface area contributed by atoms with E-state index in [1.807, 2.05) is 13.8 Å². The van der Waals surface area contributed by atoms with E-state index in [2.05, 4.69) is 15.8 Å². The van der Waals surface area contributed by atoms with Crippen LogP contribution in [0.1, 0.15) is 36.2 Å². The summed E-state index contributed by atoms with van der Waals surface area (Å²) in [5.41, 5.74) is 3.69. The molecule has 2 rings (SSSR count). The number of aromatic hydroxyl groups is 2. The molecule has 0 saturated heterocycles. The number of rotatable bonds is 6. The van der Waals surface area contributed by atoms with Crippen LogP contribution < -0.4 is 10.7 Å². The second kappa shape index (κ2) is 8.66. The summed E-state index contributed by atoms with van der Waals surface area (Å²) in [6.07, 6.45) is 1.70. The molecule has 2 aromatic carbocycles. The molecule has 0 heterocycles. The van der Waals surface area contributed by atoms with Crippen molar-refractivity contribution in [3.63, 3.8) is 0 Å². The number of amides is 2. The van der Waals surface area contributed by atoms with Gasteiger partial charge in [0.25, 0.3) is 5.91 Å². The summed E-state index contributed by atoms with van der Waals surface area (Å²) in [5.74, 6) is -0.449. The quantitative estimate of drug-likeness (QED) is 0.471. The van der Waals surface area contributed by atoms with Crippen LogP contribution in [0.5, 0.6) is 11.5 Å². The molecule has 0 bridgehead atoms. The second-order valence-electron chi connectivity index (χ2n) is 6.17. The molecule has 7 nitrogen and oxygen atoms in total. The molecule has 26 heavy (non-hydrogen) atoms. The minimum Gasteiger partial charge on any atom is -0.508 e. The maximum absolute atomic E-state index is 12.0. The fraction of sp³-hybridized carbons (Fsp3) is 0.211. The van der Waals surface area contributed by atoms with Crippen LogP contribution in [0.25, 0.3) is 0 Å². The second-order valence-corrected chi connectivity index (χ2v) is 6.17. The van der Waals surface area contributed by atoms with Gasteiger partial charge in [0.2, 0.25) is 5.91 Å². The maximum atomic E-state index is 12.0. The third kappa shape index (κ3) is 5.62. The highest BCUT2D eigenvalue weighted by Gasteiger charge is 2.07. The molecule has 2 aromatic rings. The molecule has 0 spiro atoms. The van der Waals surface area contributed by atoms with Crippen molar-refractivity contribution in [3.05, 3.63) is 53.6 Å². The van der Waals surface area contributed by atoms with Crippen LogP contribution >= 0.6 is 0 Å². The van der Waals surface area contributed by atoms with E-state index in [1.54, 1.807) is 24.3 Å². The Balaban J connectivity index is 1.93. The Morgan fingerprint density at radius 1 is 1.12 bits per heavy atom. The summed E-state index contributed by atoms with van der Waals surface area (Å²) < 4.78 is 0. The lowest BCUT2D eigenvalue weighted by Gasteiger charge is -2.07. The highest BCUT2D eigenvalue weighted by Crippen LogP contribution is 2.20. The molecule has 136 valence electrons. The summed E-state index contributed by atoms with van der Waals surface area (Å²) in [6.45, 7) is 3.93. The van der Waals surface area contributed by atoms with E-state index < -0.39 is 5.91 Å². The lowest BCUT2D eigenvalue weighted by atomic mass is 10.1. The number of nitrogens with zero attached hydrogens (tertiary/aromatic N) is 1. The largest absolute Gasteiger partial charge is 0.508 e. The predicted octanol–water partition coefficient (Wildman–Crippen LogP) is 2.85. The zero-order valence-corrected chi connectivity index (χ0v) is 14.6. The van der Waals surface area contributed by atoms with Crippen LogP contribution in [0.3, 0.4) is 0 Å². The van der Waals surface area contributed by atoms with Gasteiger partial charge in [0.05, 0.1) is 6.21 Å².